The SMILES string of the molecule is COC(=O)c1cc(Cl)ccc1NCC1CC(C)=CC(C)C1. The molecule has 0 spiro atoms. The van der Waals surface area contributed by atoms with Crippen molar-refractivity contribution in [2.45, 2.75) is 26.7 Å². The van der Waals surface area contributed by atoms with Crippen molar-refractivity contribution in [3.8, 4) is 0 Å². The lowest BCUT2D eigenvalue weighted by Crippen LogP contribution is -2.21. The van der Waals surface area contributed by atoms with E-state index in [4.69, 9.17) is 16.3 Å². The molecule has 3 nitrogen and oxygen atoms in total. The van der Waals surface area contributed by atoms with Crippen molar-refractivity contribution in [2.24, 2.45) is 11.8 Å². The Morgan fingerprint density at radius 1 is 1.48 bits per heavy atom. The van der Waals surface area contributed by atoms with Crippen LogP contribution in [0, 0.1) is 11.8 Å². The maximum Gasteiger partial charge on any atom is 0.340 e. The van der Waals surface area contributed by atoms with Gasteiger partial charge in [-0.3, -0.25) is 0 Å². The highest BCUT2D eigenvalue weighted by Crippen LogP contribution is 2.29. The summed E-state index contributed by atoms with van der Waals surface area (Å²) in [5.74, 6) is 0.843. The Labute approximate surface area is 131 Å². The smallest absolute Gasteiger partial charge is 0.340 e. The maximum absolute atomic E-state index is 11.8. The summed E-state index contributed by atoms with van der Waals surface area (Å²) in [4.78, 5) is 11.8. The summed E-state index contributed by atoms with van der Waals surface area (Å²) >= 11 is 5.96. The number of allylic oxidation sites excluding steroid dienone is 2. The highest BCUT2D eigenvalue weighted by molar-refractivity contribution is 6.31. The topological polar surface area (TPSA) is 38.3 Å². The van der Waals surface area contributed by atoms with Crippen molar-refractivity contribution < 1.29 is 9.53 Å². The van der Waals surface area contributed by atoms with E-state index in [0.29, 0.717) is 22.4 Å². The zero-order chi connectivity index (χ0) is 15.4. The average molecular weight is 308 g/mol. The van der Waals surface area contributed by atoms with Crippen LogP contribution < -0.4 is 5.32 Å². The summed E-state index contributed by atoms with van der Waals surface area (Å²) in [6.07, 6.45) is 4.63. The second-order valence-electron chi connectivity index (χ2n) is 5.86. The van der Waals surface area contributed by atoms with E-state index in [2.05, 4.69) is 25.2 Å². The maximum atomic E-state index is 11.8. The van der Waals surface area contributed by atoms with Crippen LogP contribution in [0.5, 0.6) is 0 Å². The van der Waals surface area contributed by atoms with Gasteiger partial charge in [-0.15, -0.1) is 0 Å². The number of carbonyl (C=O) groups is 1. The van der Waals surface area contributed by atoms with E-state index in [1.807, 2.05) is 6.07 Å². The van der Waals surface area contributed by atoms with Crippen LogP contribution in [0.1, 0.15) is 37.0 Å². The second kappa shape index (κ2) is 6.99. The molecule has 0 saturated heterocycles. The molecule has 1 aliphatic carbocycles. The van der Waals surface area contributed by atoms with Gasteiger partial charge in [-0.2, -0.15) is 0 Å². The van der Waals surface area contributed by atoms with Crippen molar-refractivity contribution in [1.29, 1.82) is 0 Å². The lowest BCUT2D eigenvalue weighted by molar-refractivity contribution is 0.0602. The van der Waals surface area contributed by atoms with Crippen molar-refractivity contribution in [1.82, 2.24) is 0 Å². The van der Waals surface area contributed by atoms with Crippen LogP contribution in [0.25, 0.3) is 0 Å². The van der Waals surface area contributed by atoms with Gasteiger partial charge in [0.05, 0.1) is 12.7 Å². The van der Waals surface area contributed by atoms with Gasteiger partial charge < -0.3 is 10.1 Å². The van der Waals surface area contributed by atoms with Gasteiger partial charge in [0.25, 0.3) is 0 Å². The quantitative estimate of drug-likeness (QED) is 0.656. The van der Waals surface area contributed by atoms with Gasteiger partial charge in [0.1, 0.15) is 0 Å². The van der Waals surface area contributed by atoms with Gasteiger partial charge >= 0.3 is 5.97 Å². The van der Waals surface area contributed by atoms with Crippen molar-refractivity contribution in [2.75, 3.05) is 19.0 Å². The van der Waals surface area contributed by atoms with E-state index < -0.39 is 0 Å². The number of esters is 1. The van der Waals surface area contributed by atoms with E-state index in [9.17, 15) is 4.79 Å². The first-order valence-corrected chi connectivity index (χ1v) is 7.66. The van der Waals surface area contributed by atoms with E-state index in [1.54, 1.807) is 12.1 Å². The minimum absolute atomic E-state index is 0.368. The standard InChI is InChI=1S/C17H22ClNO2/c1-11-6-12(2)8-13(7-11)10-19-16-5-4-14(18)9-15(16)17(20)21-3/h4-6,9,11,13,19H,7-8,10H2,1-3H3. The number of hydrogen-bond donors (Lipinski definition) is 1. The molecule has 0 aromatic heterocycles. The van der Waals surface area contributed by atoms with E-state index >= 15 is 0 Å². The molecule has 0 aliphatic heterocycles. The van der Waals surface area contributed by atoms with E-state index in [-0.39, 0.29) is 5.97 Å². The lowest BCUT2D eigenvalue weighted by Gasteiger charge is -2.26. The Kier molecular flexibility index (Phi) is 5.29. The first-order valence-electron chi connectivity index (χ1n) is 7.28. The third-order valence-electron chi connectivity index (χ3n) is 3.85. The number of nitrogens with one attached hydrogen (secondary N) is 1. The summed E-state index contributed by atoms with van der Waals surface area (Å²) in [7, 11) is 1.38. The summed E-state index contributed by atoms with van der Waals surface area (Å²) in [6, 6.07) is 5.26. The minimum atomic E-state index is -0.368. The molecular weight excluding hydrogens is 286 g/mol. The Bertz CT molecular complexity index is 554. The van der Waals surface area contributed by atoms with Gasteiger partial charge in [-0.25, -0.2) is 4.79 Å². The zero-order valence-electron chi connectivity index (χ0n) is 12.8. The number of halogens is 1. The van der Waals surface area contributed by atoms with Crippen LogP contribution in [0.4, 0.5) is 5.69 Å². The fourth-order valence-electron chi connectivity index (χ4n) is 3.05. The van der Waals surface area contributed by atoms with Gasteiger partial charge in [0.15, 0.2) is 0 Å². The Hall–Kier alpha value is -1.48. The molecule has 0 amide bonds. The minimum Gasteiger partial charge on any atom is -0.465 e. The summed E-state index contributed by atoms with van der Waals surface area (Å²) in [5.41, 5.74) is 2.72. The van der Waals surface area contributed by atoms with Crippen LogP contribution in [0.3, 0.4) is 0 Å². The van der Waals surface area contributed by atoms with Gasteiger partial charge in [0, 0.05) is 17.3 Å². The van der Waals surface area contributed by atoms with Crippen LogP contribution in [0.15, 0.2) is 29.8 Å². The highest BCUT2D eigenvalue weighted by Gasteiger charge is 2.19. The molecule has 2 rings (SSSR count). The summed E-state index contributed by atoms with van der Waals surface area (Å²) < 4.78 is 4.81. The van der Waals surface area contributed by atoms with Gasteiger partial charge in [0.2, 0.25) is 0 Å². The molecule has 4 heteroatoms. The average Bonchev–Trinajstić information content (AvgIpc) is 2.44. The van der Waals surface area contributed by atoms with Crippen molar-refractivity contribution in [3.05, 3.63) is 40.4 Å². The number of rotatable bonds is 4. The predicted octanol–water partition coefficient (Wildman–Crippen LogP) is 4.53. The lowest BCUT2D eigenvalue weighted by atomic mass is 9.83. The monoisotopic (exact) mass is 307 g/mol. The number of anilines is 1. The fraction of sp³-hybridized carbons (Fsp3) is 0.471. The normalized spacial score (nSPS) is 21.6. The van der Waals surface area contributed by atoms with Crippen LogP contribution in [-0.2, 0) is 4.74 Å². The molecule has 114 valence electrons. The van der Waals surface area contributed by atoms with Crippen LogP contribution in [-0.4, -0.2) is 19.6 Å². The van der Waals surface area contributed by atoms with Crippen molar-refractivity contribution >= 4 is 23.3 Å². The molecule has 0 heterocycles. The molecule has 2 unspecified atom stereocenters. The molecule has 1 aromatic rings. The van der Waals surface area contributed by atoms with Crippen LogP contribution in [0.2, 0.25) is 5.02 Å². The zero-order valence-corrected chi connectivity index (χ0v) is 13.5. The second-order valence-corrected chi connectivity index (χ2v) is 6.29. The molecular formula is C17H22ClNO2. The fourth-order valence-corrected chi connectivity index (χ4v) is 3.22. The molecule has 21 heavy (non-hydrogen) atoms. The molecule has 0 fully saturated rings. The van der Waals surface area contributed by atoms with Crippen molar-refractivity contribution in [3.63, 3.8) is 0 Å². The Balaban J connectivity index is 2.06. The molecule has 0 saturated carbocycles. The van der Waals surface area contributed by atoms with Crippen LogP contribution >= 0.6 is 11.6 Å². The third kappa shape index (κ3) is 4.24. The van der Waals surface area contributed by atoms with E-state index in [0.717, 1.165) is 18.7 Å². The number of hydrogen-bond acceptors (Lipinski definition) is 3. The molecule has 0 bridgehead atoms. The van der Waals surface area contributed by atoms with Gasteiger partial charge in [-0.05, 0) is 49.8 Å². The predicted molar refractivity (Wildman–Crippen MR) is 86.9 cm³/mol. The molecule has 0 radical (unpaired) electrons. The first kappa shape index (κ1) is 15.9. The number of ether oxygens (including phenoxy) is 1. The molecule has 1 aliphatic rings. The third-order valence-corrected chi connectivity index (χ3v) is 4.09. The summed E-state index contributed by atoms with van der Waals surface area (Å²) in [6.45, 7) is 5.28. The Morgan fingerprint density at radius 3 is 2.90 bits per heavy atom. The highest BCUT2D eigenvalue weighted by atomic mass is 35.5. The largest absolute Gasteiger partial charge is 0.465 e. The summed E-state index contributed by atoms with van der Waals surface area (Å²) in [5, 5.41) is 3.91. The van der Waals surface area contributed by atoms with Gasteiger partial charge in [-0.1, -0.05) is 30.2 Å². The Morgan fingerprint density at radius 2 is 2.24 bits per heavy atom. The molecule has 2 atom stereocenters. The number of carbonyl (C=O) groups excluding carboxylic acids is 1. The number of benzene rings is 1. The van der Waals surface area contributed by atoms with E-state index in [1.165, 1.54) is 19.1 Å². The molecule has 1 aromatic carbocycles. The molecule has 1 N–H and O–H groups in total. The first-order chi connectivity index (χ1) is 9.99. The number of methoxy groups -OCH3 is 1.